The number of hydrogen-bond acceptors (Lipinski definition) is 4. The molecule has 0 bridgehead atoms. The molecule has 3 aromatic rings. The van der Waals surface area contributed by atoms with E-state index < -0.39 is 40.9 Å². The lowest BCUT2D eigenvalue weighted by molar-refractivity contribution is -0.132. The Labute approximate surface area is 200 Å². The topological polar surface area (TPSA) is 66.8 Å². The van der Waals surface area contributed by atoms with Crippen molar-refractivity contribution in [1.82, 2.24) is 0 Å². The van der Waals surface area contributed by atoms with Gasteiger partial charge in [0.2, 0.25) is 0 Å². The number of carbonyl (C=O) groups is 2. The van der Waals surface area contributed by atoms with Crippen LogP contribution >= 0.6 is 0 Å². The van der Waals surface area contributed by atoms with Gasteiger partial charge in [0.1, 0.15) is 29.0 Å². The number of nitrogens with zero attached hydrogens (tertiary/aromatic N) is 1. The van der Waals surface area contributed by atoms with Crippen LogP contribution in [0.1, 0.15) is 36.1 Å². The third kappa shape index (κ3) is 4.51. The van der Waals surface area contributed by atoms with Crippen molar-refractivity contribution in [2.24, 2.45) is 0 Å². The average Bonchev–Trinajstić information content (AvgIpc) is 3.09. The van der Waals surface area contributed by atoms with Crippen molar-refractivity contribution in [3.8, 4) is 5.75 Å². The first kappa shape index (κ1) is 24.1. The number of carbonyl (C=O) groups excluding carboxylic acids is 2. The Hall–Kier alpha value is -4.07. The molecule has 0 spiro atoms. The van der Waals surface area contributed by atoms with Crippen molar-refractivity contribution in [2.45, 2.75) is 26.3 Å². The van der Waals surface area contributed by atoms with Crippen molar-refractivity contribution in [3.05, 3.63) is 100 Å². The number of halogens is 3. The Morgan fingerprint density at radius 3 is 2.29 bits per heavy atom. The van der Waals surface area contributed by atoms with Crippen LogP contribution < -0.4 is 9.64 Å². The number of ketones is 1. The number of Topliss-reactive ketones (excluding diaryl/α,β-unsaturated/α-hetero) is 1. The first-order valence-electron chi connectivity index (χ1n) is 11.0. The molecule has 0 aliphatic carbocycles. The lowest BCUT2D eigenvalue weighted by atomic mass is 9.94. The number of ether oxygens (including phenoxy) is 1. The van der Waals surface area contributed by atoms with E-state index in [4.69, 9.17) is 4.74 Å². The molecule has 1 unspecified atom stereocenters. The van der Waals surface area contributed by atoms with E-state index in [0.29, 0.717) is 24.0 Å². The second-order valence-corrected chi connectivity index (χ2v) is 8.15. The number of aryl methyl sites for hydroxylation is 1. The third-order valence-electron chi connectivity index (χ3n) is 5.71. The monoisotopic (exact) mass is 481 g/mol. The van der Waals surface area contributed by atoms with Gasteiger partial charge < -0.3 is 9.84 Å². The van der Waals surface area contributed by atoms with Gasteiger partial charge in [-0.05, 0) is 66.9 Å². The van der Waals surface area contributed by atoms with Crippen LogP contribution in [0, 0.1) is 24.4 Å². The lowest BCUT2D eigenvalue weighted by Gasteiger charge is -2.25. The third-order valence-corrected chi connectivity index (χ3v) is 5.71. The predicted molar refractivity (Wildman–Crippen MR) is 125 cm³/mol. The van der Waals surface area contributed by atoms with Crippen LogP contribution in [0.15, 0.2) is 66.2 Å². The van der Waals surface area contributed by atoms with Crippen LogP contribution in [0.2, 0.25) is 0 Å². The van der Waals surface area contributed by atoms with Gasteiger partial charge in [-0.1, -0.05) is 19.1 Å². The summed E-state index contributed by atoms with van der Waals surface area (Å²) in [7, 11) is 0. The van der Waals surface area contributed by atoms with Gasteiger partial charge >= 0.3 is 0 Å². The van der Waals surface area contributed by atoms with E-state index in [1.807, 2.05) is 6.92 Å². The van der Waals surface area contributed by atoms with Crippen molar-refractivity contribution in [3.63, 3.8) is 0 Å². The van der Waals surface area contributed by atoms with E-state index in [9.17, 15) is 27.9 Å². The summed E-state index contributed by atoms with van der Waals surface area (Å²) in [6, 6.07) is 11.0. The Morgan fingerprint density at radius 2 is 1.66 bits per heavy atom. The number of anilines is 1. The maximum atomic E-state index is 14.7. The highest BCUT2D eigenvalue weighted by Crippen LogP contribution is 2.43. The van der Waals surface area contributed by atoms with Gasteiger partial charge in [0, 0.05) is 11.6 Å². The summed E-state index contributed by atoms with van der Waals surface area (Å²) in [6.07, 6.45) is 0.808. The molecule has 35 heavy (non-hydrogen) atoms. The van der Waals surface area contributed by atoms with Crippen molar-refractivity contribution in [1.29, 1.82) is 0 Å². The molecule has 4 rings (SSSR count). The lowest BCUT2D eigenvalue weighted by Crippen LogP contribution is -2.30. The molecule has 5 nitrogen and oxygen atoms in total. The second kappa shape index (κ2) is 9.66. The van der Waals surface area contributed by atoms with Gasteiger partial charge in [-0.3, -0.25) is 14.5 Å². The number of benzene rings is 3. The van der Waals surface area contributed by atoms with E-state index in [0.717, 1.165) is 35.6 Å². The van der Waals surface area contributed by atoms with Gasteiger partial charge in [0.15, 0.2) is 0 Å². The molecule has 180 valence electrons. The van der Waals surface area contributed by atoms with Gasteiger partial charge in [0.05, 0.1) is 23.9 Å². The fraction of sp³-hybridized carbons (Fsp3) is 0.185. The molecule has 0 radical (unpaired) electrons. The maximum Gasteiger partial charge on any atom is 0.300 e. The number of rotatable bonds is 6. The average molecular weight is 481 g/mol. The SMILES string of the molecule is CCCOc1ccc(/C(O)=C2\C(=O)C(=O)N(c3ccc(F)cc3F)C2c2ccc(F)cc2)cc1C. The standard InChI is InChI=1S/C27H22F3NO4/c1-3-12-35-22-11-6-17(13-15(22)2)25(32)23-24(16-4-7-18(28)8-5-16)31(27(34)26(23)33)21-10-9-19(29)14-20(21)30/h4-11,13-14,24,32H,3,12H2,1-2H3/b25-23+. The fourth-order valence-electron chi connectivity index (χ4n) is 4.04. The van der Waals surface area contributed by atoms with Crippen LogP contribution in [-0.2, 0) is 9.59 Å². The molecule has 3 aromatic carbocycles. The second-order valence-electron chi connectivity index (χ2n) is 8.15. The predicted octanol–water partition coefficient (Wildman–Crippen LogP) is 5.83. The fourth-order valence-corrected chi connectivity index (χ4v) is 4.04. The molecular weight excluding hydrogens is 459 g/mol. The molecule has 1 atom stereocenters. The molecule has 1 saturated heterocycles. The molecule has 1 aliphatic rings. The highest BCUT2D eigenvalue weighted by Gasteiger charge is 2.47. The normalized spacial score (nSPS) is 17.2. The molecular formula is C27H22F3NO4. The molecule has 1 amide bonds. The molecule has 1 heterocycles. The van der Waals surface area contributed by atoms with Gasteiger partial charge in [-0.15, -0.1) is 0 Å². The quantitative estimate of drug-likeness (QED) is 0.273. The number of hydrogen-bond donors (Lipinski definition) is 1. The summed E-state index contributed by atoms with van der Waals surface area (Å²) in [4.78, 5) is 27.0. The zero-order valence-corrected chi connectivity index (χ0v) is 19.0. The smallest absolute Gasteiger partial charge is 0.300 e. The molecule has 0 aromatic heterocycles. The zero-order chi connectivity index (χ0) is 25.3. The minimum atomic E-state index is -1.27. The highest BCUT2D eigenvalue weighted by molar-refractivity contribution is 6.51. The van der Waals surface area contributed by atoms with E-state index in [2.05, 4.69) is 0 Å². The van der Waals surface area contributed by atoms with Crippen molar-refractivity contribution >= 4 is 23.1 Å². The van der Waals surface area contributed by atoms with Crippen molar-refractivity contribution < 1.29 is 32.6 Å². The van der Waals surface area contributed by atoms with Gasteiger partial charge in [-0.2, -0.15) is 0 Å². The summed E-state index contributed by atoms with van der Waals surface area (Å²) in [5.41, 5.74) is 0.555. The number of amides is 1. The minimum absolute atomic E-state index is 0.246. The summed E-state index contributed by atoms with van der Waals surface area (Å²) >= 11 is 0. The molecule has 1 fully saturated rings. The summed E-state index contributed by atoms with van der Waals surface area (Å²) < 4.78 is 47.5. The number of aliphatic hydroxyl groups excluding tert-OH is 1. The Morgan fingerprint density at radius 1 is 0.971 bits per heavy atom. The summed E-state index contributed by atoms with van der Waals surface area (Å²) in [5, 5.41) is 11.2. The maximum absolute atomic E-state index is 14.7. The van der Waals surface area contributed by atoms with Gasteiger partial charge in [0.25, 0.3) is 11.7 Å². The van der Waals surface area contributed by atoms with Crippen LogP contribution in [0.3, 0.4) is 0 Å². The van der Waals surface area contributed by atoms with E-state index in [1.165, 1.54) is 12.1 Å². The van der Waals surface area contributed by atoms with Gasteiger partial charge in [-0.25, -0.2) is 13.2 Å². The molecule has 1 aliphatic heterocycles. The largest absolute Gasteiger partial charge is 0.507 e. The van der Waals surface area contributed by atoms with E-state index >= 15 is 0 Å². The van der Waals surface area contributed by atoms with Crippen LogP contribution in [0.4, 0.5) is 18.9 Å². The Kier molecular flexibility index (Phi) is 6.64. The van der Waals surface area contributed by atoms with E-state index in [-0.39, 0.29) is 22.4 Å². The molecule has 8 heteroatoms. The van der Waals surface area contributed by atoms with E-state index in [1.54, 1.807) is 25.1 Å². The number of aliphatic hydroxyl groups is 1. The zero-order valence-electron chi connectivity index (χ0n) is 19.0. The van der Waals surface area contributed by atoms with Crippen molar-refractivity contribution in [2.75, 3.05) is 11.5 Å². The van der Waals surface area contributed by atoms with Crippen LogP contribution in [0.5, 0.6) is 5.75 Å². The first-order valence-corrected chi connectivity index (χ1v) is 11.0. The van der Waals surface area contributed by atoms with Crippen LogP contribution in [-0.4, -0.2) is 23.4 Å². The van der Waals surface area contributed by atoms with Crippen LogP contribution in [0.25, 0.3) is 5.76 Å². The summed E-state index contributed by atoms with van der Waals surface area (Å²) in [6.45, 7) is 4.24. The highest BCUT2D eigenvalue weighted by atomic mass is 19.1. The minimum Gasteiger partial charge on any atom is -0.507 e. The molecule has 1 N–H and O–H groups in total. The first-order chi connectivity index (χ1) is 16.7. The summed E-state index contributed by atoms with van der Waals surface area (Å²) in [5.74, 6) is -4.51. The Bertz CT molecular complexity index is 1330. The Balaban J connectivity index is 1.89. The molecule has 0 saturated carbocycles.